The molecule has 0 amide bonds. The fourth-order valence-electron chi connectivity index (χ4n) is 2.84. The largest absolute Gasteiger partial charge is 0.495 e. The van der Waals surface area contributed by atoms with Crippen molar-refractivity contribution in [3.05, 3.63) is 47.1 Å². The summed E-state index contributed by atoms with van der Waals surface area (Å²) in [5.74, 6) is 2.50. The Kier molecular flexibility index (Phi) is 4.83. The Hall–Kier alpha value is -1.75. The summed E-state index contributed by atoms with van der Waals surface area (Å²) in [6.45, 7) is 3.06. The molecule has 5 heteroatoms. The topological polar surface area (TPSA) is 37.4 Å². The molecule has 0 aliphatic carbocycles. The minimum absolute atomic E-state index is 0.621. The van der Waals surface area contributed by atoms with E-state index < -0.39 is 0 Å². The van der Waals surface area contributed by atoms with Gasteiger partial charge in [0.25, 0.3) is 0 Å². The molecule has 1 aromatic carbocycles. The third-order valence-corrected chi connectivity index (χ3v) is 4.48. The van der Waals surface area contributed by atoms with E-state index in [1.54, 1.807) is 7.11 Å². The third kappa shape index (κ3) is 3.53. The van der Waals surface area contributed by atoms with Crippen molar-refractivity contribution in [3.8, 4) is 5.75 Å². The van der Waals surface area contributed by atoms with E-state index in [2.05, 4.69) is 43.3 Å². The van der Waals surface area contributed by atoms with Crippen molar-refractivity contribution in [1.82, 2.24) is 4.98 Å². The fourth-order valence-corrected chi connectivity index (χ4v) is 3.07. The van der Waals surface area contributed by atoms with Crippen LogP contribution in [-0.2, 0) is 0 Å². The summed E-state index contributed by atoms with van der Waals surface area (Å²) in [4.78, 5) is 6.76. The van der Waals surface area contributed by atoms with Gasteiger partial charge in [-0.1, -0.05) is 12.1 Å². The van der Waals surface area contributed by atoms with Crippen molar-refractivity contribution >= 4 is 27.4 Å². The number of hydrogen-bond donors (Lipinski definition) is 1. The molecule has 1 aliphatic rings. The Morgan fingerprint density at radius 3 is 2.95 bits per heavy atom. The van der Waals surface area contributed by atoms with Crippen molar-refractivity contribution in [1.29, 1.82) is 0 Å². The molecule has 116 valence electrons. The van der Waals surface area contributed by atoms with Crippen LogP contribution in [0.25, 0.3) is 0 Å². The van der Waals surface area contributed by atoms with Gasteiger partial charge in [0.05, 0.1) is 12.8 Å². The lowest BCUT2D eigenvalue weighted by atomic mass is 10.1. The maximum absolute atomic E-state index is 5.46. The number of rotatable bonds is 5. The van der Waals surface area contributed by atoms with Crippen LogP contribution >= 0.6 is 15.9 Å². The second-order valence-corrected chi connectivity index (χ2v) is 6.43. The molecule has 1 saturated heterocycles. The molecule has 1 fully saturated rings. The number of methoxy groups -OCH3 is 1. The number of para-hydroxylation sites is 2. The first-order chi connectivity index (χ1) is 10.8. The average Bonchev–Trinajstić information content (AvgIpc) is 3.03. The number of nitrogens with zero attached hydrogens (tertiary/aromatic N) is 2. The highest BCUT2D eigenvalue weighted by Crippen LogP contribution is 2.31. The minimum Gasteiger partial charge on any atom is -0.495 e. The molecule has 3 rings (SSSR count). The van der Waals surface area contributed by atoms with Crippen LogP contribution in [0.1, 0.15) is 6.42 Å². The van der Waals surface area contributed by atoms with Crippen LogP contribution in [0, 0.1) is 5.92 Å². The minimum atomic E-state index is 0.621. The monoisotopic (exact) mass is 361 g/mol. The number of hydrogen-bond acceptors (Lipinski definition) is 4. The first-order valence-corrected chi connectivity index (χ1v) is 8.29. The molecular formula is C17H20BrN3O. The molecular weight excluding hydrogens is 342 g/mol. The van der Waals surface area contributed by atoms with Gasteiger partial charge in [0.1, 0.15) is 11.6 Å². The van der Waals surface area contributed by atoms with E-state index in [0.29, 0.717) is 5.92 Å². The summed E-state index contributed by atoms with van der Waals surface area (Å²) >= 11 is 3.40. The number of ether oxygens (including phenoxy) is 1. The number of aromatic nitrogens is 1. The highest BCUT2D eigenvalue weighted by atomic mass is 79.9. The summed E-state index contributed by atoms with van der Waals surface area (Å²) in [6, 6.07) is 12.2. The summed E-state index contributed by atoms with van der Waals surface area (Å²) < 4.78 is 6.46. The molecule has 0 spiro atoms. The van der Waals surface area contributed by atoms with Gasteiger partial charge in [-0.05, 0) is 52.5 Å². The van der Waals surface area contributed by atoms with Gasteiger partial charge in [-0.2, -0.15) is 0 Å². The number of halogens is 1. The van der Waals surface area contributed by atoms with E-state index in [0.717, 1.165) is 35.7 Å². The highest BCUT2D eigenvalue weighted by Gasteiger charge is 2.24. The van der Waals surface area contributed by atoms with E-state index in [-0.39, 0.29) is 0 Å². The lowest BCUT2D eigenvalue weighted by Gasteiger charge is -2.21. The lowest BCUT2D eigenvalue weighted by Crippen LogP contribution is -2.23. The Balaban J connectivity index is 1.57. The first-order valence-electron chi connectivity index (χ1n) is 7.49. The van der Waals surface area contributed by atoms with Gasteiger partial charge >= 0.3 is 0 Å². The Labute approximate surface area is 139 Å². The molecule has 0 radical (unpaired) electrons. The molecule has 22 heavy (non-hydrogen) atoms. The van der Waals surface area contributed by atoms with Crippen molar-refractivity contribution in [2.45, 2.75) is 6.42 Å². The lowest BCUT2D eigenvalue weighted by molar-refractivity contribution is 0.414. The molecule has 0 saturated carbocycles. The molecule has 1 aromatic heterocycles. The Morgan fingerprint density at radius 2 is 2.18 bits per heavy atom. The zero-order valence-electron chi connectivity index (χ0n) is 12.6. The van der Waals surface area contributed by atoms with Crippen molar-refractivity contribution in [3.63, 3.8) is 0 Å². The zero-order valence-corrected chi connectivity index (χ0v) is 14.2. The van der Waals surface area contributed by atoms with Gasteiger partial charge in [-0.3, -0.25) is 0 Å². The highest BCUT2D eigenvalue weighted by molar-refractivity contribution is 9.10. The van der Waals surface area contributed by atoms with Gasteiger partial charge in [-0.25, -0.2) is 4.98 Å². The van der Waals surface area contributed by atoms with Gasteiger partial charge in [0.2, 0.25) is 0 Å². The molecule has 0 bridgehead atoms. The predicted molar refractivity (Wildman–Crippen MR) is 93.7 cm³/mol. The second kappa shape index (κ2) is 7.01. The van der Waals surface area contributed by atoms with Gasteiger partial charge in [0, 0.05) is 30.3 Å². The number of benzene rings is 1. The van der Waals surface area contributed by atoms with Gasteiger partial charge in [-0.15, -0.1) is 0 Å². The summed E-state index contributed by atoms with van der Waals surface area (Å²) in [6.07, 6.45) is 3.00. The van der Waals surface area contributed by atoms with Crippen molar-refractivity contribution in [2.75, 3.05) is 37.0 Å². The van der Waals surface area contributed by atoms with Crippen LogP contribution in [0.3, 0.4) is 0 Å². The fraction of sp³-hybridized carbons (Fsp3) is 0.353. The smallest absolute Gasteiger partial charge is 0.142 e. The van der Waals surface area contributed by atoms with Crippen LogP contribution in [-0.4, -0.2) is 31.7 Å². The maximum Gasteiger partial charge on any atom is 0.142 e. The van der Waals surface area contributed by atoms with Crippen molar-refractivity contribution < 1.29 is 4.74 Å². The Bertz CT molecular complexity index is 618. The average molecular weight is 362 g/mol. The van der Waals surface area contributed by atoms with E-state index in [4.69, 9.17) is 4.74 Å². The standard InChI is InChI=1S/C17H20BrN3O/c1-22-16-5-3-2-4-15(16)21-9-8-13(12-21)10-19-17-7-6-14(18)11-20-17/h2-7,11,13H,8-10,12H2,1H3,(H,19,20). The molecule has 1 N–H and O–H groups in total. The molecule has 1 atom stereocenters. The normalized spacial score (nSPS) is 17.5. The van der Waals surface area contributed by atoms with Gasteiger partial charge < -0.3 is 15.0 Å². The predicted octanol–water partition coefficient (Wildman–Crippen LogP) is 3.79. The second-order valence-electron chi connectivity index (χ2n) is 5.52. The van der Waals surface area contributed by atoms with Gasteiger partial charge in [0.15, 0.2) is 0 Å². The molecule has 1 unspecified atom stereocenters. The van der Waals surface area contributed by atoms with Crippen LogP contribution in [0.4, 0.5) is 11.5 Å². The number of anilines is 2. The molecule has 4 nitrogen and oxygen atoms in total. The Morgan fingerprint density at radius 1 is 1.32 bits per heavy atom. The van der Waals surface area contributed by atoms with Crippen LogP contribution < -0.4 is 15.0 Å². The van der Waals surface area contributed by atoms with Crippen LogP contribution in [0.15, 0.2) is 47.1 Å². The molecule has 2 heterocycles. The van der Waals surface area contributed by atoms with Crippen molar-refractivity contribution in [2.24, 2.45) is 5.92 Å². The third-order valence-electron chi connectivity index (χ3n) is 4.01. The first kappa shape index (κ1) is 15.2. The van der Waals surface area contributed by atoms with Crippen LogP contribution in [0.2, 0.25) is 0 Å². The van der Waals surface area contributed by atoms with E-state index in [1.165, 1.54) is 12.1 Å². The van der Waals surface area contributed by atoms with E-state index in [9.17, 15) is 0 Å². The summed E-state index contributed by atoms with van der Waals surface area (Å²) in [5, 5.41) is 3.42. The van der Waals surface area contributed by atoms with Crippen LogP contribution in [0.5, 0.6) is 5.75 Å². The number of nitrogens with one attached hydrogen (secondary N) is 1. The van der Waals surface area contributed by atoms with E-state index >= 15 is 0 Å². The quantitative estimate of drug-likeness (QED) is 0.878. The molecule has 2 aromatic rings. The maximum atomic E-state index is 5.46. The summed E-state index contributed by atoms with van der Waals surface area (Å²) in [7, 11) is 1.73. The SMILES string of the molecule is COc1ccccc1N1CCC(CNc2ccc(Br)cn2)C1. The molecule has 1 aliphatic heterocycles. The van der Waals surface area contributed by atoms with E-state index in [1.807, 2.05) is 30.5 Å². The zero-order chi connectivity index (χ0) is 15.4. The number of pyridine rings is 1. The summed E-state index contributed by atoms with van der Waals surface area (Å²) in [5.41, 5.74) is 1.19.